The van der Waals surface area contributed by atoms with Crippen LogP contribution in [0.25, 0.3) is 16.9 Å². The van der Waals surface area contributed by atoms with Gasteiger partial charge in [-0.25, -0.2) is 18.1 Å². The third-order valence-electron chi connectivity index (χ3n) is 9.57. The third kappa shape index (κ3) is 5.54. The van der Waals surface area contributed by atoms with Gasteiger partial charge in [0.2, 0.25) is 18.1 Å². The number of halogens is 2. The molecule has 1 spiro atoms. The number of anilines is 2. The molecule has 14 heteroatoms. The van der Waals surface area contributed by atoms with Crippen LogP contribution in [0.15, 0.2) is 47.2 Å². The number of nitrogens with one attached hydrogen (secondary N) is 1. The number of methoxy groups -OCH3 is 1. The molecule has 1 aromatic carbocycles. The average Bonchev–Trinajstić information content (AvgIpc) is 3.67. The van der Waals surface area contributed by atoms with E-state index in [0.717, 1.165) is 11.3 Å². The Hall–Kier alpha value is -4.59. The number of aryl methyl sites for hydroxylation is 1. The molecule has 2 N–H and O–H groups in total. The molecule has 12 nitrogen and oxygen atoms in total. The van der Waals surface area contributed by atoms with E-state index in [4.69, 9.17) is 9.26 Å². The van der Waals surface area contributed by atoms with Gasteiger partial charge in [0.25, 0.3) is 5.91 Å². The number of nitrogens with zero attached hydrogens (tertiary/aromatic N) is 6. The number of likely N-dealkylation sites (tertiary alicyclic amines) is 1. The van der Waals surface area contributed by atoms with Crippen molar-refractivity contribution >= 4 is 28.9 Å². The van der Waals surface area contributed by atoms with Crippen LogP contribution in [0.4, 0.5) is 25.0 Å². The number of carbonyl (C=O) groups excluding carboxylic acids is 2. The average molecular weight is 636 g/mol. The second kappa shape index (κ2) is 11.3. The summed E-state index contributed by atoms with van der Waals surface area (Å²) >= 11 is 0. The van der Waals surface area contributed by atoms with Crippen molar-refractivity contribution in [2.24, 2.45) is 5.41 Å². The van der Waals surface area contributed by atoms with Gasteiger partial charge in [0.1, 0.15) is 0 Å². The van der Waals surface area contributed by atoms with Crippen LogP contribution < -0.4 is 10.2 Å². The van der Waals surface area contributed by atoms with E-state index in [1.54, 1.807) is 15.6 Å². The predicted octanol–water partition coefficient (Wildman–Crippen LogP) is 4.88. The SMILES string of the molecule is COC(=O)N1CCC(c2nc(-c3ccc(C)c(NC(=O)c4cnn5ccc(N6CC7(C6)CC(O)(CC(F)F)C7)cc45)c3)no2)CC1. The minimum Gasteiger partial charge on any atom is -0.453 e. The Bertz CT molecular complexity index is 1780. The van der Waals surface area contributed by atoms with Crippen LogP contribution >= 0.6 is 0 Å². The molecule has 3 aromatic heterocycles. The second-order valence-electron chi connectivity index (χ2n) is 13.0. The number of carbonyl (C=O) groups is 2. The molecule has 1 aliphatic carbocycles. The largest absolute Gasteiger partial charge is 0.453 e. The van der Waals surface area contributed by atoms with Gasteiger partial charge in [-0.1, -0.05) is 17.3 Å². The Morgan fingerprint density at radius 2 is 1.93 bits per heavy atom. The van der Waals surface area contributed by atoms with Crippen molar-refractivity contribution in [3.8, 4) is 11.4 Å². The molecule has 3 aliphatic rings. The number of fused-ring (bicyclic) bond motifs is 1. The molecule has 0 atom stereocenters. The summed E-state index contributed by atoms with van der Waals surface area (Å²) in [6.07, 6.45) is 2.12. The number of aliphatic hydroxyl groups is 1. The maximum Gasteiger partial charge on any atom is 0.409 e. The number of pyridine rings is 1. The first-order valence-corrected chi connectivity index (χ1v) is 15.4. The van der Waals surface area contributed by atoms with E-state index < -0.39 is 18.4 Å². The minimum atomic E-state index is -2.51. The molecule has 3 fully saturated rings. The normalized spacial score (nSPS) is 18.9. The highest BCUT2D eigenvalue weighted by atomic mass is 19.3. The summed E-state index contributed by atoms with van der Waals surface area (Å²) in [5, 5.41) is 21.9. The molecule has 0 bridgehead atoms. The number of hydrogen-bond donors (Lipinski definition) is 2. The molecule has 46 heavy (non-hydrogen) atoms. The van der Waals surface area contributed by atoms with Crippen LogP contribution in [-0.2, 0) is 4.74 Å². The number of rotatable bonds is 7. The molecule has 0 radical (unpaired) electrons. The predicted molar refractivity (Wildman–Crippen MR) is 163 cm³/mol. The number of ether oxygens (including phenoxy) is 1. The standard InChI is InChI=1S/C32H35F2N7O5/c1-19-3-4-21(27-37-29(46-38-27)20-5-8-39(9-6-20)30(43)45-2)11-24(19)36-28(42)23-14-35-41-10-7-22(12-25(23)41)40-17-31(18-40)15-32(44,16-31)13-26(33)34/h3-4,7,10-12,14,20,26,44H,5-6,8-9,13,15-18H2,1-2H3,(H,36,42). The summed E-state index contributed by atoms with van der Waals surface area (Å²) in [6.45, 7) is 4.33. The highest BCUT2D eigenvalue weighted by Crippen LogP contribution is 2.56. The van der Waals surface area contributed by atoms with Crippen molar-refractivity contribution < 1.29 is 32.7 Å². The molecule has 4 aromatic rings. The molecular formula is C32H35F2N7O5. The summed E-state index contributed by atoms with van der Waals surface area (Å²) in [4.78, 5) is 33.7. The molecule has 1 saturated carbocycles. The van der Waals surface area contributed by atoms with E-state index in [9.17, 15) is 23.5 Å². The number of aromatic nitrogens is 4. The summed E-state index contributed by atoms with van der Waals surface area (Å²) < 4.78 is 37.7. The third-order valence-corrected chi connectivity index (χ3v) is 9.57. The van der Waals surface area contributed by atoms with Gasteiger partial charge in [-0.3, -0.25) is 4.79 Å². The quantitative estimate of drug-likeness (QED) is 0.291. The smallest absolute Gasteiger partial charge is 0.409 e. The Morgan fingerprint density at radius 3 is 2.65 bits per heavy atom. The number of piperidine rings is 1. The van der Waals surface area contributed by atoms with Crippen LogP contribution in [0.3, 0.4) is 0 Å². The van der Waals surface area contributed by atoms with Gasteiger partial charge >= 0.3 is 6.09 Å². The molecule has 5 heterocycles. The van der Waals surface area contributed by atoms with Crippen LogP contribution in [0.5, 0.6) is 0 Å². The van der Waals surface area contributed by atoms with E-state index in [0.29, 0.717) is 85.9 Å². The number of alkyl halides is 2. The van der Waals surface area contributed by atoms with Crippen molar-refractivity contribution in [3.63, 3.8) is 0 Å². The van der Waals surface area contributed by atoms with Gasteiger partial charge < -0.3 is 29.5 Å². The summed E-state index contributed by atoms with van der Waals surface area (Å²) in [7, 11) is 1.37. The van der Waals surface area contributed by atoms with Crippen molar-refractivity contribution in [1.82, 2.24) is 24.7 Å². The Kier molecular flexibility index (Phi) is 7.41. The Morgan fingerprint density at radius 1 is 1.17 bits per heavy atom. The van der Waals surface area contributed by atoms with Gasteiger partial charge in [0.05, 0.1) is 30.0 Å². The molecule has 2 aliphatic heterocycles. The fourth-order valence-corrected chi connectivity index (χ4v) is 7.33. The van der Waals surface area contributed by atoms with Crippen molar-refractivity contribution in [3.05, 3.63) is 59.7 Å². The van der Waals surface area contributed by atoms with Gasteiger partial charge in [0, 0.05) is 67.1 Å². The second-order valence-corrected chi connectivity index (χ2v) is 13.0. The van der Waals surface area contributed by atoms with Gasteiger partial charge in [-0.15, -0.1) is 0 Å². The van der Waals surface area contributed by atoms with E-state index in [1.165, 1.54) is 13.3 Å². The number of amides is 2. The first-order chi connectivity index (χ1) is 22.0. The zero-order chi connectivity index (χ0) is 32.2. The molecule has 0 unspecified atom stereocenters. The lowest BCUT2D eigenvalue weighted by Crippen LogP contribution is -2.68. The Balaban J connectivity index is 1.02. The summed E-state index contributed by atoms with van der Waals surface area (Å²) in [5.74, 6) is 0.640. The fourth-order valence-electron chi connectivity index (χ4n) is 7.33. The molecule has 242 valence electrons. The maximum atomic E-state index is 13.5. The number of hydrogen-bond acceptors (Lipinski definition) is 9. The van der Waals surface area contributed by atoms with Crippen molar-refractivity contribution in [2.45, 2.75) is 57.0 Å². The molecular weight excluding hydrogens is 600 g/mol. The first-order valence-electron chi connectivity index (χ1n) is 15.4. The molecule has 2 saturated heterocycles. The minimum absolute atomic E-state index is 0.0385. The maximum absolute atomic E-state index is 13.5. The van der Waals surface area contributed by atoms with Crippen LogP contribution in [0, 0.1) is 12.3 Å². The topological polar surface area (TPSA) is 138 Å². The first kappa shape index (κ1) is 30.1. The van der Waals surface area contributed by atoms with E-state index in [1.807, 2.05) is 37.3 Å². The van der Waals surface area contributed by atoms with Gasteiger partial charge in [0.15, 0.2) is 0 Å². The van der Waals surface area contributed by atoms with E-state index >= 15 is 0 Å². The monoisotopic (exact) mass is 635 g/mol. The lowest BCUT2D eigenvalue weighted by molar-refractivity contribution is -0.161. The van der Waals surface area contributed by atoms with Crippen LogP contribution in [0.1, 0.15) is 59.8 Å². The Labute approximate surface area is 263 Å². The van der Waals surface area contributed by atoms with E-state index in [2.05, 4.69) is 25.5 Å². The summed E-state index contributed by atoms with van der Waals surface area (Å²) in [6, 6.07) is 9.38. The highest BCUT2D eigenvalue weighted by Gasteiger charge is 2.60. The zero-order valence-electron chi connectivity index (χ0n) is 25.6. The van der Waals surface area contributed by atoms with Crippen molar-refractivity contribution in [2.75, 3.05) is 43.5 Å². The lowest BCUT2D eigenvalue weighted by Gasteiger charge is -2.63. The molecule has 2 amide bonds. The number of benzene rings is 1. The lowest BCUT2D eigenvalue weighted by atomic mass is 9.54. The zero-order valence-corrected chi connectivity index (χ0v) is 25.6. The van der Waals surface area contributed by atoms with Crippen LogP contribution in [-0.4, -0.2) is 87.1 Å². The molecule has 7 rings (SSSR count). The van der Waals surface area contributed by atoms with Crippen LogP contribution in [0.2, 0.25) is 0 Å². The van der Waals surface area contributed by atoms with Crippen molar-refractivity contribution in [1.29, 1.82) is 0 Å². The summed E-state index contributed by atoms with van der Waals surface area (Å²) in [5.41, 5.74) is 2.67. The fraction of sp³-hybridized carbons (Fsp3) is 0.469. The van der Waals surface area contributed by atoms with Gasteiger partial charge in [-0.2, -0.15) is 10.1 Å². The van der Waals surface area contributed by atoms with Gasteiger partial charge in [-0.05, 0) is 56.4 Å². The highest BCUT2D eigenvalue weighted by molar-refractivity contribution is 6.09. The van der Waals surface area contributed by atoms with E-state index in [-0.39, 0.29) is 23.3 Å².